The normalized spacial score (nSPS) is 10.5. The molecule has 0 fully saturated rings. The Morgan fingerprint density at radius 2 is 1.58 bits per heavy atom. The van der Waals surface area contributed by atoms with Crippen LogP contribution in [0.15, 0.2) is 30.3 Å². The first-order valence-corrected chi connectivity index (χ1v) is 5.52. The predicted molar refractivity (Wildman–Crippen MR) is 65.6 cm³/mol. The van der Waals surface area contributed by atoms with E-state index in [-0.39, 0.29) is 16.3 Å². The highest BCUT2D eigenvalue weighted by molar-refractivity contribution is 6.31. The molecule has 0 radical (unpaired) electrons. The van der Waals surface area contributed by atoms with E-state index in [4.69, 9.17) is 17.3 Å². The molecule has 0 spiro atoms. The van der Waals surface area contributed by atoms with Crippen LogP contribution < -0.4 is 5.73 Å². The molecule has 0 bridgehead atoms. The minimum absolute atomic E-state index is 0.0681. The van der Waals surface area contributed by atoms with Gasteiger partial charge in [0.15, 0.2) is 17.4 Å². The average Bonchev–Trinajstić information content (AvgIpc) is 2.36. The second-order valence-electron chi connectivity index (χ2n) is 3.81. The van der Waals surface area contributed by atoms with Crippen molar-refractivity contribution in [2.45, 2.75) is 0 Å². The molecule has 0 amide bonds. The van der Waals surface area contributed by atoms with Crippen molar-refractivity contribution >= 4 is 23.1 Å². The third-order valence-electron chi connectivity index (χ3n) is 2.51. The first kappa shape index (κ1) is 13.4. The number of carbonyl (C=O) groups excluding carboxylic acids is 1. The molecule has 2 aromatic carbocycles. The quantitative estimate of drug-likeness (QED) is 0.521. The van der Waals surface area contributed by atoms with E-state index in [1.807, 2.05) is 0 Å². The summed E-state index contributed by atoms with van der Waals surface area (Å²) in [5.41, 5.74) is 4.97. The molecule has 19 heavy (non-hydrogen) atoms. The van der Waals surface area contributed by atoms with Crippen LogP contribution in [0.3, 0.4) is 0 Å². The molecular formula is C13H7ClF3NO. The monoisotopic (exact) mass is 285 g/mol. The molecule has 2 N–H and O–H groups in total. The lowest BCUT2D eigenvalue weighted by atomic mass is 10.0. The van der Waals surface area contributed by atoms with Crippen molar-refractivity contribution in [3.05, 3.63) is 63.9 Å². The van der Waals surface area contributed by atoms with Gasteiger partial charge in [-0.05, 0) is 24.3 Å². The molecule has 0 atom stereocenters. The SMILES string of the molecule is Nc1ccc(Cl)cc1C(=O)c1cc(F)c(F)cc1F. The fraction of sp³-hybridized carbons (Fsp3) is 0. The minimum Gasteiger partial charge on any atom is -0.398 e. The largest absolute Gasteiger partial charge is 0.398 e. The van der Waals surface area contributed by atoms with E-state index in [0.717, 1.165) is 0 Å². The lowest BCUT2D eigenvalue weighted by Gasteiger charge is -2.07. The molecule has 2 nitrogen and oxygen atoms in total. The van der Waals surface area contributed by atoms with Crippen molar-refractivity contribution in [3.63, 3.8) is 0 Å². The van der Waals surface area contributed by atoms with Crippen molar-refractivity contribution in [3.8, 4) is 0 Å². The smallest absolute Gasteiger partial charge is 0.198 e. The number of anilines is 1. The van der Waals surface area contributed by atoms with Crippen LogP contribution in [0.2, 0.25) is 5.02 Å². The molecular weight excluding hydrogens is 279 g/mol. The molecule has 2 rings (SSSR count). The molecule has 0 aliphatic rings. The van der Waals surface area contributed by atoms with Gasteiger partial charge in [0.25, 0.3) is 0 Å². The number of ketones is 1. The fourth-order valence-corrected chi connectivity index (χ4v) is 1.74. The highest BCUT2D eigenvalue weighted by Gasteiger charge is 2.19. The fourth-order valence-electron chi connectivity index (χ4n) is 1.57. The van der Waals surface area contributed by atoms with Crippen molar-refractivity contribution in [2.75, 3.05) is 5.73 Å². The van der Waals surface area contributed by atoms with Gasteiger partial charge in [-0.25, -0.2) is 13.2 Å². The highest BCUT2D eigenvalue weighted by Crippen LogP contribution is 2.23. The van der Waals surface area contributed by atoms with Crippen LogP contribution in [0, 0.1) is 17.5 Å². The van der Waals surface area contributed by atoms with E-state index in [9.17, 15) is 18.0 Å². The van der Waals surface area contributed by atoms with E-state index in [0.29, 0.717) is 12.1 Å². The minimum atomic E-state index is -1.37. The number of hydrogen-bond donors (Lipinski definition) is 1. The maximum absolute atomic E-state index is 13.5. The van der Waals surface area contributed by atoms with Gasteiger partial charge in [0.1, 0.15) is 5.82 Å². The van der Waals surface area contributed by atoms with E-state index >= 15 is 0 Å². The molecule has 0 aliphatic heterocycles. The summed E-state index contributed by atoms with van der Waals surface area (Å²) in [5, 5.41) is 0.223. The van der Waals surface area contributed by atoms with Gasteiger partial charge in [-0.2, -0.15) is 0 Å². The third kappa shape index (κ3) is 2.56. The van der Waals surface area contributed by atoms with Gasteiger partial charge in [-0.15, -0.1) is 0 Å². The summed E-state index contributed by atoms with van der Waals surface area (Å²) in [5.74, 6) is -4.71. The summed E-state index contributed by atoms with van der Waals surface area (Å²) in [6.45, 7) is 0. The van der Waals surface area contributed by atoms with E-state index in [2.05, 4.69) is 0 Å². The summed E-state index contributed by atoms with van der Waals surface area (Å²) >= 11 is 5.71. The van der Waals surface area contributed by atoms with Crippen LogP contribution in [0.5, 0.6) is 0 Å². The van der Waals surface area contributed by atoms with Crippen molar-refractivity contribution in [2.24, 2.45) is 0 Å². The Labute approximate surface area is 111 Å². The standard InChI is InChI=1S/C13H7ClF3NO/c14-6-1-2-12(18)8(3-6)13(19)7-4-10(16)11(17)5-9(7)15/h1-5H,18H2. The molecule has 2 aromatic rings. The van der Waals surface area contributed by atoms with Gasteiger partial charge in [0, 0.05) is 22.3 Å². The lowest BCUT2D eigenvalue weighted by molar-refractivity contribution is 0.103. The summed E-state index contributed by atoms with van der Waals surface area (Å²) in [4.78, 5) is 12.0. The molecule has 0 saturated carbocycles. The Morgan fingerprint density at radius 3 is 2.26 bits per heavy atom. The average molecular weight is 286 g/mol. The molecule has 98 valence electrons. The first-order valence-electron chi connectivity index (χ1n) is 5.14. The number of halogens is 4. The molecule has 0 aromatic heterocycles. The van der Waals surface area contributed by atoms with Gasteiger partial charge in [0.2, 0.25) is 0 Å². The maximum atomic E-state index is 13.5. The van der Waals surface area contributed by atoms with Crippen LogP contribution in [0.1, 0.15) is 15.9 Å². The summed E-state index contributed by atoms with van der Waals surface area (Å²) in [6.07, 6.45) is 0. The highest BCUT2D eigenvalue weighted by atomic mass is 35.5. The lowest BCUT2D eigenvalue weighted by Crippen LogP contribution is -2.09. The first-order chi connectivity index (χ1) is 8.90. The molecule has 6 heteroatoms. The second-order valence-corrected chi connectivity index (χ2v) is 4.24. The van der Waals surface area contributed by atoms with E-state index < -0.39 is 28.8 Å². The summed E-state index contributed by atoms with van der Waals surface area (Å²) in [7, 11) is 0. The van der Waals surface area contributed by atoms with Gasteiger partial charge < -0.3 is 5.73 Å². The van der Waals surface area contributed by atoms with Crippen molar-refractivity contribution < 1.29 is 18.0 Å². The predicted octanol–water partition coefficient (Wildman–Crippen LogP) is 3.57. The maximum Gasteiger partial charge on any atom is 0.198 e. The molecule has 0 unspecified atom stereocenters. The number of hydrogen-bond acceptors (Lipinski definition) is 2. The Hall–Kier alpha value is -2.01. The number of nitrogen functional groups attached to an aromatic ring is 1. The number of benzene rings is 2. The number of rotatable bonds is 2. The van der Waals surface area contributed by atoms with Crippen LogP contribution in [0.4, 0.5) is 18.9 Å². The van der Waals surface area contributed by atoms with Gasteiger partial charge in [-0.1, -0.05) is 11.6 Å². The third-order valence-corrected chi connectivity index (χ3v) is 2.75. The summed E-state index contributed by atoms with van der Waals surface area (Å²) in [6, 6.07) is 4.86. The Morgan fingerprint density at radius 1 is 0.947 bits per heavy atom. The van der Waals surface area contributed by atoms with Gasteiger partial charge >= 0.3 is 0 Å². The summed E-state index contributed by atoms with van der Waals surface area (Å²) < 4.78 is 39.4. The van der Waals surface area contributed by atoms with E-state index in [1.165, 1.54) is 18.2 Å². The zero-order valence-corrected chi connectivity index (χ0v) is 10.1. The Bertz CT molecular complexity index is 673. The zero-order valence-electron chi connectivity index (χ0n) is 9.38. The molecule has 0 heterocycles. The van der Waals surface area contributed by atoms with Gasteiger partial charge in [-0.3, -0.25) is 4.79 Å². The Kier molecular flexibility index (Phi) is 3.48. The zero-order chi connectivity index (χ0) is 14.2. The van der Waals surface area contributed by atoms with E-state index in [1.54, 1.807) is 0 Å². The Balaban J connectivity index is 2.56. The van der Waals surface area contributed by atoms with Crippen LogP contribution in [0.25, 0.3) is 0 Å². The molecule has 0 saturated heterocycles. The van der Waals surface area contributed by atoms with Gasteiger partial charge in [0.05, 0.1) is 5.56 Å². The number of nitrogens with two attached hydrogens (primary N) is 1. The topological polar surface area (TPSA) is 43.1 Å². The molecule has 0 aliphatic carbocycles. The van der Waals surface area contributed by atoms with Crippen LogP contribution >= 0.6 is 11.6 Å². The second kappa shape index (κ2) is 4.93. The van der Waals surface area contributed by atoms with Crippen molar-refractivity contribution in [1.82, 2.24) is 0 Å². The number of carbonyl (C=O) groups is 1. The van der Waals surface area contributed by atoms with Crippen molar-refractivity contribution in [1.29, 1.82) is 0 Å². The van der Waals surface area contributed by atoms with Crippen LogP contribution in [-0.4, -0.2) is 5.78 Å². The van der Waals surface area contributed by atoms with Crippen LogP contribution in [-0.2, 0) is 0 Å².